The standard InChI is InChI=1S/C34H37NO/c1-35-20-5-8-26(19-21-35)27-14-11-24(12-15-27)22-25-13-16-29-17-18-33(36)34(32(29)23-25)31-10-4-7-28-6-2-3-9-30(28)31/h2-3,6,9,11-18,23,26,31,34H,4-5,7-8,10,19-22H2,1H3/t26?,31-,34?/m1/s1. The van der Waals surface area contributed by atoms with Crippen molar-refractivity contribution in [1.29, 1.82) is 0 Å². The van der Waals surface area contributed by atoms with Crippen LogP contribution in [0.15, 0.2) is 72.8 Å². The van der Waals surface area contributed by atoms with Gasteiger partial charge < -0.3 is 4.90 Å². The van der Waals surface area contributed by atoms with E-state index < -0.39 is 0 Å². The number of carbonyl (C=O) groups excluding carboxylic acids is 1. The Hall–Kier alpha value is -2.97. The van der Waals surface area contributed by atoms with E-state index in [4.69, 9.17) is 0 Å². The van der Waals surface area contributed by atoms with Crippen LogP contribution in [-0.2, 0) is 17.6 Å². The van der Waals surface area contributed by atoms with E-state index in [1.165, 1.54) is 71.3 Å². The molecule has 2 heteroatoms. The summed E-state index contributed by atoms with van der Waals surface area (Å²) in [7, 11) is 2.24. The number of hydrogen-bond donors (Lipinski definition) is 0. The maximum Gasteiger partial charge on any atom is 0.163 e. The summed E-state index contributed by atoms with van der Waals surface area (Å²) in [5.74, 6) is 1.16. The van der Waals surface area contributed by atoms with Gasteiger partial charge in [-0.3, -0.25) is 4.79 Å². The molecule has 1 fully saturated rings. The quantitative estimate of drug-likeness (QED) is 0.395. The van der Waals surface area contributed by atoms with Gasteiger partial charge in [-0.1, -0.05) is 72.8 Å². The van der Waals surface area contributed by atoms with Crippen LogP contribution in [0.5, 0.6) is 0 Å². The van der Waals surface area contributed by atoms with Gasteiger partial charge in [0, 0.05) is 0 Å². The molecule has 3 aliphatic rings. The summed E-state index contributed by atoms with van der Waals surface area (Å²) in [5.41, 5.74) is 9.38. The molecule has 0 saturated carbocycles. The molecule has 1 aliphatic heterocycles. The third-order valence-electron chi connectivity index (χ3n) is 8.85. The highest BCUT2D eigenvalue weighted by atomic mass is 16.1. The highest BCUT2D eigenvalue weighted by Crippen LogP contribution is 2.45. The van der Waals surface area contributed by atoms with Crippen molar-refractivity contribution in [2.75, 3.05) is 20.1 Å². The summed E-state index contributed by atoms with van der Waals surface area (Å²) in [6.07, 6.45) is 12.0. The SMILES string of the molecule is CN1CCCC(c2ccc(Cc3ccc4c(c3)C([C@@H]3CCCc5ccccc53)C(=O)C=C4)cc2)CC1. The largest absolute Gasteiger partial charge is 0.306 e. The number of hydrogen-bond acceptors (Lipinski definition) is 2. The second-order valence-corrected chi connectivity index (χ2v) is 11.2. The molecule has 2 aliphatic carbocycles. The summed E-state index contributed by atoms with van der Waals surface area (Å²) in [5, 5.41) is 0. The van der Waals surface area contributed by atoms with Crippen molar-refractivity contribution in [3.05, 3.63) is 112 Å². The number of ketones is 1. The van der Waals surface area contributed by atoms with Crippen molar-refractivity contribution in [2.24, 2.45) is 0 Å². The zero-order valence-corrected chi connectivity index (χ0v) is 21.5. The Kier molecular flexibility index (Phi) is 6.63. The number of aryl methyl sites for hydroxylation is 1. The van der Waals surface area contributed by atoms with Gasteiger partial charge in [0.2, 0.25) is 0 Å². The summed E-state index contributed by atoms with van der Waals surface area (Å²) in [4.78, 5) is 15.7. The van der Waals surface area contributed by atoms with E-state index >= 15 is 0 Å². The molecule has 6 rings (SSSR count). The molecule has 3 aromatic carbocycles. The third-order valence-corrected chi connectivity index (χ3v) is 8.85. The van der Waals surface area contributed by atoms with Gasteiger partial charge in [-0.15, -0.1) is 0 Å². The molecule has 2 nitrogen and oxygen atoms in total. The lowest BCUT2D eigenvalue weighted by Crippen LogP contribution is -2.25. The van der Waals surface area contributed by atoms with E-state index in [2.05, 4.69) is 78.7 Å². The Morgan fingerprint density at radius 1 is 0.806 bits per heavy atom. The average Bonchev–Trinajstić information content (AvgIpc) is 3.13. The van der Waals surface area contributed by atoms with E-state index in [0.29, 0.717) is 5.92 Å². The molecule has 1 heterocycles. The van der Waals surface area contributed by atoms with Crippen molar-refractivity contribution in [3.8, 4) is 0 Å². The van der Waals surface area contributed by atoms with Gasteiger partial charge in [0.1, 0.15) is 0 Å². The van der Waals surface area contributed by atoms with Gasteiger partial charge in [0.05, 0.1) is 5.92 Å². The van der Waals surface area contributed by atoms with Crippen LogP contribution < -0.4 is 0 Å². The second-order valence-electron chi connectivity index (χ2n) is 11.2. The summed E-state index contributed by atoms with van der Waals surface area (Å²) in [6, 6.07) is 24.9. The minimum Gasteiger partial charge on any atom is -0.306 e. The fraction of sp³-hybridized carbons (Fsp3) is 0.382. The number of rotatable bonds is 4. The summed E-state index contributed by atoms with van der Waals surface area (Å²) in [6.45, 7) is 2.42. The van der Waals surface area contributed by atoms with Crippen LogP contribution in [0.4, 0.5) is 0 Å². The van der Waals surface area contributed by atoms with Crippen molar-refractivity contribution in [2.45, 2.75) is 62.7 Å². The number of likely N-dealkylation sites (tertiary alicyclic amines) is 1. The van der Waals surface area contributed by atoms with Crippen LogP contribution in [0.2, 0.25) is 0 Å². The zero-order chi connectivity index (χ0) is 24.5. The lowest BCUT2D eigenvalue weighted by atomic mass is 9.69. The predicted octanol–water partition coefficient (Wildman–Crippen LogP) is 7.28. The van der Waals surface area contributed by atoms with Crippen molar-refractivity contribution in [3.63, 3.8) is 0 Å². The molecular formula is C34H37NO. The number of allylic oxidation sites excluding steroid dienone is 1. The van der Waals surface area contributed by atoms with Gasteiger partial charge in [0.15, 0.2) is 5.78 Å². The molecule has 1 saturated heterocycles. The van der Waals surface area contributed by atoms with Crippen LogP contribution >= 0.6 is 0 Å². The Bertz CT molecular complexity index is 1270. The Balaban J connectivity index is 1.24. The lowest BCUT2D eigenvalue weighted by Gasteiger charge is -2.33. The molecule has 3 aromatic rings. The lowest BCUT2D eigenvalue weighted by molar-refractivity contribution is -0.116. The summed E-state index contributed by atoms with van der Waals surface area (Å²) < 4.78 is 0. The van der Waals surface area contributed by atoms with Gasteiger partial charge in [-0.2, -0.15) is 0 Å². The molecule has 184 valence electrons. The minimum absolute atomic E-state index is 0.0675. The molecule has 0 bridgehead atoms. The summed E-state index contributed by atoms with van der Waals surface area (Å²) >= 11 is 0. The fourth-order valence-electron chi connectivity index (χ4n) is 6.85. The van der Waals surface area contributed by atoms with E-state index in [9.17, 15) is 4.79 Å². The molecule has 0 N–H and O–H groups in total. The number of carbonyl (C=O) groups is 1. The maximum absolute atomic E-state index is 13.3. The van der Waals surface area contributed by atoms with Crippen molar-refractivity contribution < 1.29 is 4.79 Å². The van der Waals surface area contributed by atoms with Gasteiger partial charge in [0.25, 0.3) is 0 Å². The topological polar surface area (TPSA) is 20.3 Å². The monoisotopic (exact) mass is 475 g/mol. The molecule has 36 heavy (non-hydrogen) atoms. The van der Waals surface area contributed by atoms with Crippen LogP contribution in [0.1, 0.15) is 88.8 Å². The van der Waals surface area contributed by atoms with Crippen LogP contribution in [0.25, 0.3) is 6.08 Å². The van der Waals surface area contributed by atoms with Crippen molar-refractivity contribution >= 4 is 11.9 Å². The minimum atomic E-state index is -0.0675. The van der Waals surface area contributed by atoms with Crippen LogP contribution in [0.3, 0.4) is 0 Å². The first-order valence-corrected chi connectivity index (χ1v) is 13.9. The van der Waals surface area contributed by atoms with Crippen LogP contribution in [0, 0.1) is 0 Å². The van der Waals surface area contributed by atoms with E-state index in [1.54, 1.807) is 0 Å². The van der Waals surface area contributed by atoms with Gasteiger partial charge in [-0.25, -0.2) is 0 Å². The highest BCUT2D eigenvalue weighted by molar-refractivity contribution is 6.02. The first-order chi connectivity index (χ1) is 17.7. The molecule has 0 radical (unpaired) electrons. The fourth-order valence-corrected chi connectivity index (χ4v) is 6.85. The first kappa shape index (κ1) is 23.4. The Morgan fingerprint density at radius 2 is 1.64 bits per heavy atom. The average molecular weight is 476 g/mol. The van der Waals surface area contributed by atoms with E-state index in [1.807, 2.05) is 12.2 Å². The second kappa shape index (κ2) is 10.2. The first-order valence-electron chi connectivity index (χ1n) is 13.9. The molecule has 3 atom stereocenters. The van der Waals surface area contributed by atoms with Gasteiger partial charge >= 0.3 is 0 Å². The number of nitrogens with zero attached hydrogens (tertiary/aromatic N) is 1. The maximum atomic E-state index is 13.3. The van der Waals surface area contributed by atoms with Crippen LogP contribution in [-0.4, -0.2) is 30.8 Å². The smallest absolute Gasteiger partial charge is 0.163 e. The predicted molar refractivity (Wildman–Crippen MR) is 149 cm³/mol. The van der Waals surface area contributed by atoms with E-state index in [0.717, 1.165) is 25.7 Å². The van der Waals surface area contributed by atoms with E-state index in [-0.39, 0.29) is 17.6 Å². The number of fused-ring (bicyclic) bond motifs is 2. The molecular weight excluding hydrogens is 438 g/mol. The zero-order valence-electron chi connectivity index (χ0n) is 21.5. The van der Waals surface area contributed by atoms with Gasteiger partial charge in [-0.05, 0) is 122 Å². The highest BCUT2D eigenvalue weighted by Gasteiger charge is 2.35. The number of benzene rings is 3. The third kappa shape index (κ3) is 4.72. The molecule has 0 amide bonds. The Morgan fingerprint density at radius 3 is 2.53 bits per heavy atom. The normalized spacial score (nSPS) is 24.1. The molecule has 2 unspecified atom stereocenters. The molecule has 0 spiro atoms. The molecule has 0 aromatic heterocycles. The Labute approximate surface area is 216 Å². The van der Waals surface area contributed by atoms with Crippen molar-refractivity contribution in [1.82, 2.24) is 4.90 Å².